The van der Waals surface area contributed by atoms with Crippen molar-refractivity contribution in [3.8, 4) is 39.7 Å². The second kappa shape index (κ2) is 16.1. The first-order valence-corrected chi connectivity index (χ1v) is 23.6. The summed E-state index contributed by atoms with van der Waals surface area (Å²) in [5.74, 6) is 0. The zero-order valence-electron chi connectivity index (χ0n) is 41.7. The molecule has 0 unspecified atom stereocenters. The van der Waals surface area contributed by atoms with Crippen LogP contribution in [0.5, 0.6) is 0 Å². The Hall–Kier alpha value is -6.79. The lowest BCUT2D eigenvalue weighted by Gasteiger charge is -2.21. The molecule has 358 valence electrons. The summed E-state index contributed by atoms with van der Waals surface area (Å²) in [5, 5.41) is 15.0. The minimum absolute atomic E-state index is 0.0428. The van der Waals surface area contributed by atoms with E-state index in [-0.39, 0.29) is 38.9 Å². The van der Waals surface area contributed by atoms with E-state index in [4.69, 9.17) is 0 Å². The summed E-state index contributed by atoms with van der Waals surface area (Å²) in [6.07, 6.45) is -10.1. The van der Waals surface area contributed by atoms with Gasteiger partial charge in [-0.2, -0.15) is 31.6 Å². The van der Waals surface area contributed by atoms with Crippen molar-refractivity contribution in [1.82, 2.24) is 9.13 Å². The second-order valence-corrected chi connectivity index (χ2v) is 22.9. The predicted molar refractivity (Wildman–Crippen MR) is 276 cm³/mol. The minimum Gasteiger partial charge on any atom is -0.309 e. The normalized spacial score (nSPS) is 13.3. The number of benzene rings is 7. The molecule has 0 aliphatic rings. The lowest BCUT2D eigenvalue weighted by molar-refractivity contribution is -0.142. The van der Waals surface area contributed by atoms with Gasteiger partial charge in [0.2, 0.25) is 0 Å². The van der Waals surface area contributed by atoms with Gasteiger partial charge in [0.15, 0.2) is 0 Å². The Kier molecular flexibility index (Phi) is 11.1. The van der Waals surface area contributed by atoms with Crippen LogP contribution in [0.3, 0.4) is 0 Å². The molecule has 9 aromatic rings. The summed E-state index contributed by atoms with van der Waals surface area (Å²) < 4.78 is 91.1. The highest BCUT2D eigenvalue weighted by molar-refractivity contribution is 6.11. The van der Waals surface area contributed by atoms with Gasteiger partial charge in [0.1, 0.15) is 0 Å². The van der Waals surface area contributed by atoms with E-state index in [1.165, 1.54) is 17.2 Å². The summed E-state index contributed by atoms with van der Waals surface area (Å²) >= 11 is 0. The number of hydrogen-bond acceptors (Lipinski definition) is 1. The van der Waals surface area contributed by atoms with Crippen LogP contribution in [0.4, 0.5) is 26.3 Å². The largest absolute Gasteiger partial charge is 0.417 e. The molecule has 9 heteroatoms. The molecule has 0 fully saturated rings. The van der Waals surface area contributed by atoms with Gasteiger partial charge in [0.05, 0.1) is 50.5 Å². The molecule has 0 amide bonds. The molecule has 2 heterocycles. The van der Waals surface area contributed by atoms with Gasteiger partial charge in [-0.1, -0.05) is 119 Å². The van der Waals surface area contributed by atoms with E-state index in [0.717, 1.165) is 66.5 Å². The molecule has 70 heavy (non-hydrogen) atoms. The highest BCUT2D eigenvalue weighted by atomic mass is 19.4. The summed E-state index contributed by atoms with van der Waals surface area (Å²) in [4.78, 5) is 0. The maximum absolute atomic E-state index is 15.0. The van der Waals surface area contributed by atoms with Crippen LogP contribution in [0.25, 0.3) is 77.2 Å². The molecular formula is C61H57F6N3. The molecule has 7 aromatic carbocycles. The van der Waals surface area contributed by atoms with Crippen molar-refractivity contribution in [3.63, 3.8) is 0 Å². The first kappa shape index (κ1) is 48.2. The van der Waals surface area contributed by atoms with E-state index in [0.29, 0.717) is 22.9 Å². The second-order valence-electron chi connectivity index (χ2n) is 22.9. The van der Waals surface area contributed by atoms with Crippen molar-refractivity contribution in [1.29, 1.82) is 5.26 Å². The zero-order valence-corrected chi connectivity index (χ0v) is 41.7. The molecule has 3 nitrogen and oxygen atoms in total. The highest BCUT2D eigenvalue weighted by Gasteiger charge is 2.39. The summed E-state index contributed by atoms with van der Waals surface area (Å²) in [6, 6.07) is 40.2. The maximum atomic E-state index is 15.0. The number of halogens is 6. The van der Waals surface area contributed by atoms with Gasteiger partial charge < -0.3 is 9.13 Å². The first-order valence-electron chi connectivity index (χ1n) is 23.6. The Morgan fingerprint density at radius 3 is 1.17 bits per heavy atom. The Bertz CT molecular complexity index is 3470. The first-order chi connectivity index (χ1) is 32.4. The molecule has 0 radical (unpaired) electrons. The molecule has 9 rings (SSSR count). The number of alkyl halides is 6. The molecule has 0 saturated heterocycles. The van der Waals surface area contributed by atoms with E-state index in [1.54, 1.807) is 18.2 Å². The Morgan fingerprint density at radius 1 is 0.371 bits per heavy atom. The maximum Gasteiger partial charge on any atom is 0.417 e. The SMILES string of the molecule is CC(C)(C)c1ccc2c(c1)c1cc(C(C)(C)C)ccc1n2-c1ccc(C#N)c(-c2cc(-c3ccc(C(F)(F)F)cc3C(F)(F)F)ccc2-n2c3ccc(C(C)(C)C)cc3c3cc(C(C)(C)C)ccc32)c1. The number of fused-ring (bicyclic) bond motifs is 6. The van der Waals surface area contributed by atoms with Gasteiger partial charge in [-0.25, -0.2) is 0 Å². The molecule has 0 N–H and O–H groups in total. The van der Waals surface area contributed by atoms with Crippen molar-refractivity contribution in [2.75, 3.05) is 0 Å². The fraction of sp³-hybridized carbons (Fsp3) is 0.295. The molecule has 0 saturated carbocycles. The van der Waals surface area contributed by atoms with Crippen LogP contribution in [0.1, 0.15) is 122 Å². The zero-order chi connectivity index (χ0) is 50.8. The average Bonchev–Trinajstić information content (AvgIpc) is 3.78. The van der Waals surface area contributed by atoms with Crippen LogP contribution >= 0.6 is 0 Å². The van der Waals surface area contributed by atoms with Crippen LogP contribution < -0.4 is 0 Å². The van der Waals surface area contributed by atoms with Crippen LogP contribution in [0.2, 0.25) is 0 Å². The van der Waals surface area contributed by atoms with Crippen molar-refractivity contribution < 1.29 is 26.3 Å². The van der Waals surface area contributed by atoms with Gasteiger partial charge in [0.25, 0.3) is 0 Å². The van der Waals surface area contributed by atoms with Crippen LogP contribution in [-0.4, -0.2) is 9.13 Å². The van der Waals surface area contributed by atoms with Crippen molar-refractivity contribution in [2.45, 2.75) is 117 Å². The smallest absolute Gasteiger partial charge is 0.309 e. The minimum atomic E-state index is -5.12. The molecule has 0 aliphatic carbocycles. The number of rotatable bonds is 4. The topological polar surface area (TPSA) is 33.6 Å². The fourth-order valence-electron chi connectivity index (χ4n) is 9.76. The van der Waals surface area contributed by atoms with Gasteiger partial charge in [-0.15, -0.1) is 0 Å². The third-order valence-electron chi connectivity index (χ3n) is 13.9. The molecular weight excluding hydrogens is 889 g/mol. The Balaban J connectivity index is 1.40. The van der Waals surface area contributed by atoms with Crippen molar-refractivity contribution in [3.05, 3.63) is 166 Å². The molecule has 0 aliphatic heterocycles. The fourth-order valence-corrected chi connectivity index (χ4v) is 9.76. The third-order valence-corrected chi connectivity index (χ3v) is 13.9. The highest BCUT2D eigenvalue weighted by Crippen LogP contribution is 2.46. The van der Waals surface area contributed by atoms with Crippen molar-refractivity contribution in [2.24, 2.45) is 0 Å². The van der Waals surface area contributed by atoms with E-state index in [2.05, 4.69) is 171 Å². The quantitative estimate of drug-likeness (QED) is 0.162. The summed E-state index contributed by atoms with van der Waals surface area (Å²) in [7, 11) is 0. The summed E-state index contributed by atoms with van der Waals surface area (Å²) in [6.45, 7) is 26.0. The van der Waals surface area contributed by atoms with Gasteiger partial charge in [-0.05, 0) is 146 Å². The van der Waals surface area contributed by atoms with Crippen LogP contribution in [0, 0.1) is 11.3 Å². The van der Waals surface area contributed by atoms with E-state index in [1.807, 2.05) is 12.1 Å². The van der Waals surface area contributed by atoms with Crippen LogP contribution in [0.15, 0.2) is 127 Å². The standard InChI is InChI=1S/C61H57F6N3/c1-56(2,3)37-16-23-51-46(28-37)47-29-38(57(4,5)6)17-24-52(47)69(51)42-20-13-36(34-68)44(33-42)45-27-35(43-21-15-41(60(62,63)64)32-50(43)61(65,66)67)14-22-53(45)70-54-25-18-39(58(7,8)9)30-48(54)49-31-40(59(10,11)12)19-26-55(49)70/h13-33H,1-12H3. The number of aromatic nitrogens is 2. The Labute approximate surface area is 406 Å². The molecule has 0 bridgehead atoms. The van der Waals surface area contributed by atoms with E-state index >= 15 is 0 Å². The van der Waals surface area contributed by atoms with Gasteiger partial charge in [0, 0.05) is 38.4 Å². The third kappa shape index (κ3) is 8.43. The predicted octanol–water partition coefficient (Wildman–Crippen LogP) is 18.3. The number of nitrogens with zero attached hydrogens (tertiary/aromatic N) is 3. The average molecular weight is 946 g/mol. The molecule has 2 aromatic heterocycles. The Morgan fingerprint density at radius 2 is 0.786 bits per heavy atom. The lowest BCUT2D eigenvalue weighted by atomic mass is 9.85. The van der Waals surface area contributed by atoms with Gasteiger partial charge >= 0.3 is 12.4 Å². The van der Waals surface area contributed by atoms with E-state index < -0.39 is 29.0 Å². The van der Waals surface area contributed by atoms with E-state index in [9.17, 15) is 31.6 Å². The number of hydrogen-bond donors (Lipinski definition) is 0. The summed E-state index contributed by atoms with van der Waals surface area (Å²) in [5.41, 5.74) is 6.72. The lowest BCUT2D eigenvalue weighted by Crippen LogP contribution is -2.12. The molecule has 0 spiro atoms. The monoisotopic (exact) mass is 945 g/mol. The number of nitriles is 1. The van der Waals surface area contributed by atoms with Gasteiger partial charge in [-0.3, -0.25) is 0 Å². The van der Waals surface area contributed by atoms with Crippen molar-refractivity contribution >= 4 is 43.6 Å². The van der Waals surface area contributed by atoms with Crippen LogP contribution in [-0.2, 0) is 34.0 Å². The molecule has 0 atom stereocenters.